The van der Waals surface area contributed by atoms with Crippen molar-refractivity contribution in [3.05, 3.63) is 11.6 Å². The fraction of sp³-hybridized carbons (Fsp3) is 0.778. The Morgan fingerprint density at radius 2 is 1.93 bits per heavy atom. The summed E-state index contributed by atoms with van der Waals surface area (Å²) in [6.45, 7) is 1.91. The van der Waals surface area contributed by atoms with Crippen LogP contribution in [0.1, 0.15) is 43.3 Å². The maximum absolute atomic E-state index is 5.83. The SMILES string of the molecule is Cc1n[nH]c(C2CCC(N)CC2)n1.Cl. The molecule has 0 spiro atoms. The predicted octanol–water partition coefficient (Wildman–Crippen LogP) is 1.52. The van der Waals surface area contributed by atoms with Gasteiger partial charge in [-0.3, -0.25) is 5.10 Å². The molecular weight excluding hydrogens is 200 g/mol. The molecule has 4 nitrogen and oxygen atoms in total. The van der Waals surface area contributed by atoms with Crippen molar-refractivity contribution in [2.24, 2.45) is 5.73 Å². The molecule has 0 amide bonds. The van der Waals surface area contributed by atoms with Gasteiger partial charge in [0.2, 0.25) is 0 Å². The molecule has 14 heavy (non-hydrogen) atoms. The number of nitrogens with two attached hydrogens (primary N) is 1. The van der Waals surface area contributed by atoms with E-state index in [2.05, 4.69) is 15.2 Å². The number of nitrogens with one attached hydrogen (secondary N) is 1. The summed E-state index contributed by atoms with van der Waals surface area (Å²) < 4.78 is 0. The highest BCUT2D eigenvalue weighted by atomic mass is 35.5. The first-order valence-electron chi connectivity index (χ1n) is 4.90. The molecule has 1 aliphatic rings. The molecule has 1 aromatic heterocycles. The molecule has 1 fully saturated rings. The average Bonchev–Trinajstić information content (AvgIpc) is 2.53. The standard InChI is InChI=1S/C9H16N4.ClH/c1-6-11-9(13-12-6)7-2-4-8(10)5-3-7;/h7-8H,2-5,10H2,1H3,(H,11,12,13);1H. The van der Waals surface area contributed by atoms with Crippen molar-refractivity contribution in [1.29, 1.82) is 0 Å². The molecule has 1 heterocycles. The van der Waals surface area contributed by atoms with Crippen LogP contribution in [-0.2, 0) is 0 Å². The maximum atomic E-state index is 5.83. The van der Waals surface area contributed by atoms with Gasteiger partial charge in [0.1, 0.15) is 11.6 Å². The summed E-state index contributed by atoms with van der Waals surface area (Å²) in [5.41, 5.74) is 5.83. The Morgan fingerprint density at radius 1 is 1.29 bits per heavy atom. The van der Waals surface area contributed by atoms with E-state index in [1.807, 2.05) is 6.92 Å². The van der Waals surface area contributed by atoms with Crippen LogP contribution in [0.4, 0.5) is 0 Å². The van der Waals surface area contributed by atoms with Crippen molar-refractivity contribution in [1.82, 2.24) is 15.2 Å². The molecule has 0 atom stereocenters. The first-order valence-corrected chi connectivity index (χ1v) is 4.90. The zero-order valence-corrected chi connectivity index (χ0v) is 9.18. The van der Waals surface area contributed by atoms with Gasteiger partial charge in [-0.15, -0.1) is 12.4 Å². The number of hydrogen-bond acceptors (Lipinski definition) is 3. The van der Waals surface area contributed by atoms with E-state index in [0.29, 0.717) is 12.0 Å². The van der Waals surface area contributed by atoms with Crippen LogP contribution in [-0.4, -0.2) is 21.2 Å². The fourth-order valence-corrected chi connectivity index (χ4v) is 1.94. The molecule has 0 bridgehead atoms. The Bertz CT molecular complexity index is 278. The second kappa shape index (κ2) is 4.75. The lowest BCUT2D eigenvalue weighted by atomic mass is 9.86. The maximum Gasteiger partial charge on any atom is 0.147 e. The normalized spacial score (nSPS) is 27.0. The van der Waals surface area contributed by atoms with Crippen LogP contribution in [0.5, 0.6) is 0 Å². The van der Waals surface area contributed by atoms with Gasteiger partial charge >= 0.3 is 0 Å². The van der Waals surface area contributed by atoms with Gasteiger partial charge in [0.25, 0.3) is 0 Å². The summed E-state index contributed by atoms with van der Waals surface area (Å²) in [7, 11) is 0. The number of aromatic amines is 1. The zero-order valence-electron chi connectivity index (χ0n) is 8.36. The molecule has 0 radical (unpaired) electrons. The van der Waals surface area contributed by atoms with Crippen LogP contribution in [0.25, 0.3) is 0 Å². The minimum absolute atomic E-state index is 0. The van der Waals surface area contributed by atoms with E-state index in [9.17, 15) is 0 Å². The van der Waals surface area contributed by atoms with Gasteiger partial charge in [0.05, 0.1) is 0 Å². The van der Waals surface area contributed by atoms with Crippen LogP contribution >= 0.6 is 12.4 Å². The summed E-state index contributed by atoms with van der Waals surface area (Å²) in [5.74, 6) is 2.44. The molecule has 0 saturated heterocycles. The minimum atomic E-state index is 0. The average molecular weight is 217 g/mol. The summed E-state index contributed by atoms with van der Waals surface area (Å²) in [6.07, 6.45) is 4.53. The molecule has 1 aliphatic carbocycles. The molecule has 0 unspecified atom stereocenters. The van der Waals surface area contributed by atoms with Crippen molar-refractivity contribution in [3.63, 3.8) is 0 Å². The molecule has 0 aliphatic heterocycles. The molecule has 3 N–H and O–H groups in total. The quantitative estimate of drug-likeness (QED) is 0.748. The van der Waals surface area contributed by atoms with Crippen molar-refractivity contribution < 1.29 is 0 Å². The Labute approximate surface area is 90.1 Å². The van der Waals surface area contributed by atoms with Gasteiger partial charge in [-0.25, -0.2) is 4.98 Å². The van der Waals surface area contributed by atoms with Gasteiger partial charge in [0, 0.05) is 12.0 Å². The monoisotopic (exact) mass is 216 g/mol. The van der Waals surface area contributed by atoms with Crippen LogP contribution < -0.4 is 5.73 Å². The van der Waals surface area contributed by atoms with Gasteiger partial charge in [-0.1, -0.05) is 0 Å². The number of nitrogens with zero attached hydrogens (tertiary/aromatic N) is 2. The second-order valence-electron chi connectivity index (χ2n) is 3.88. The van der Waals surface area contributed by atoms with Gasteiger partial charge in [-0.05, 0) is 32.6 Å². The van der Waals surface area contributed by atoms with Crippen molar-refractivity contribution >= 4 is 12.4 Å². The summed E-state index contributed by atoms with van der Waals surface area (Å²) in [4.78, 5) is 4.35. The van der Waals surface area contributed by atoms with Gasteiger partial charge in [-0.2, -0.15) is 5.10 Å². The Morgan fingerprint density at radius 3 is 2.43 bits per heavy atom. The van der Waals surface area contributed by atoms with E-state index in [1.165, 1.54) is 0 Å². The van der Waals surface area contributed by atoms with E-state index in [1.54, 1.807) is 0 Å². The van der Waals surface area contributed by atoms with E-state index < -0.39 is 0 Å². The van der Waals surface area contributed by atoms with Crippen LogP contribution in [0, 0.1) is 6.92 Å². The highest BCUT2D eigenvalue weighted by molar-refractivity contribution is 5.85. The summed E-state index contributed by atoms with van der Waals surface area (Å²) >= 11 is 0. The highest BCUT2D eigenvalue weighted by Crippen LogP contribution is 2.29. The summed E-state index contributed by atoms with van der Waals surface area (Å²) in [5, 5.41) is 7.03. The molecule has 0 aromatic carbocycles. The van der Waals surface area contributed by atoms with Crippen LogP contribution in [0.3, 0.4) is 0 Å². The van der Waals surface area contributed by atoms with E-state index in [-0.39, 0.29) is 12.4 Å². The van der Waals surface area contributed by atoms with Crippen LogP contribution in [0.2, 0.25) is 0 Å². The zero-order chi connectivity index (χ0) is 9.26. The second-order valence-corrected chi connectivity index (χ2v) is 3.88. The largest absolute Gasteiger partial charge is 0.328 e. The molecular formula is C9H17ClN4. The van der Waals surface area contributed by atoms with Gasteiger partial charge < -0.3 is 5.73 Å². The lowest BCUT2D eigenvalue weighted by molar-refractivity contribution is 0.385. The number of halogens is 1. The van der Waals surface area contributed by atoms with Crippen molar-refractivity contribution in [2.75, 3.05) is 0 Å². The molecule has 80 valence electrons. The first kappa shape index (κ1) is 11.5. The number of aryl methyl sites for hydroxylation is 1. The number of H-pyrrole nitrogens is 1. The molecule has 1 saturated carbocycles. The van der Waals surface area contributed by atoms with E-state index >= 15 is 0 Å². The number of hydrogen-bond donors (Lipinski definition) is 2. The van der Waals surface area contributed by atoms with Crippen molar-refractivity contribution in [2.45, 2.75) is 44.6 Å². The molecule has 1 aromatic rings. The number of rotatable bonds is 1. The third-order valence-corrected chi connectivity index (χ3v) is 2.77. The minimum Gasteiger partial charge on any atom is -0.328 e. The number of aromatic nitrogens is 3. The first-order chi connectivity index (χ1) is 6.25. The lowest BCUT2D eigenvalue weighted by Gasteiger charge is -2.23. The third-order valence-electron chi connectivity index (χ3n) is 2.77. The lowest BCUT2D eigenvalue weighted by Crippen LogP contribution is -2.26. The van der Waals surface area contributed by atoms with E-state index in [4.69, 9.17) is 5.73 Å². The Kier molecular flexibility index (Phi) is 3.89. The van der Waals surface area contributed by atoms with E-state index in [0.717, 1.165) is 37.3 Å². The fourth-order valence-electron chi connectivity index (χ4n) is 1.94. The van der Waals surface area contributed by atoms with Crippen molar-refractivity contribution in [3.8, 4) is 0 Å². The Balaban J connectivity index is 0.000000980. The molecule has 5 heteroatoms. The Hall–Kier alpha value is -0.610. The van der Waals surface area contributed by atoms with Gasteiger partial charge in [0.15, 0.2) is 0 Å². The summed E-state index contributed by atoms with van der Waals surface area (Å²) in [6, 6.07) is 0.403. The van der Waals surface area contributed by atoms with Crippen LogP contribution in [0.15, 0.2) is 0 Å². The molecule has 2 rings (SSSR count). The smallest absolute Gasteiger partial charge is 0.147 e. The third kappa shape index (κ3) is 2.45. The predicted molar refractivity (Wildman–Crippen MR) is 57.6 cm³/mol. The topological polar surface area (TPSA) is 67.6 Å². The highest BCUT2D eigenvalue weighted by Gasteiger charge is 2.22.